The van der Waals surface area contributed by atoms with E-state index in [1.807, 2.05) is 55.5 Å². The lowest BCUT2D eigenvalue weighted by atomic mass is 10.3. The molecule has 1 fully saturated rings. The van der Waals surface area contributed by atoms with E-state index in [9.17, 15) is 0 Å². The second-order valence-electron chi connectivity index (χ2n) is 4.89. The Kier molecular flexibility index (Phi) is 4.65. The van der Waals surface area contributed by atoms with Crippen molar-refractivity contribution in [2.75, 3.05) is 19.8 Å². The average Bonchev–Trinajstić information content (AvgIpc) is 3.38. The highest BCUT2D eigenvalue weighted by atomic mass is 16.6. The van der Waals surface area contributed by atoms with Gasteiger partial charge in [-0.1, -0.05) is 0 Å². The predicted molar refractivity (Wildman–Crippen MR) is 83.5 cm³/mol. The number of azo groups is 1. The van der Waals surface area contributed by atoms with Crippen LogP contribution in [0.15, 0.2) is 58.8 Å². The van der Waals surface area contributed by atoms with Crippen LogP contribution in [0.5, 0.6) is 11.5 Å². The van der Waals surface area contributed by atoms with Gasteiger partial charge in [0.15, 0.2) is 0 Å². The van der Waals surface area contributed by atoms with Gasteiger partial charge in [0.1, 0.15) is 24.2 Å². The van der Waals surface area contributed by atoms with E-state index in [4.69, 9.17) is 14.2 Å². The molecule has 1 aliphatic rings. The van der Waals surface area contributed by atoms with Crippen LogP contribution in [0.3, 0.4) is 0 Å². The summed E-state index contributed by atoms with van der Waals surface area (Å²) >= 11 is 0. The molecule has 0 amide bonds. The molecule has 0 spiro atoms. The SMILES string of the molecule is CCOc1ccc(N=Nc2ccc(OCC3CO3)cc2)cc1. The molecular formula is C17H18N2O3. The predicted octanol–water partition coefficient (Wildman–Crippen LogP) is 4.28. The quantitative estimate of drug-likeness (QED) is 0.566. The number of hydrogen-bond donors (Lipinski definition) is 0. The summed E-state index contributed by atoms with van der Waals surface area (Å²) in [5, 5.41) is 8.40. The lowest BCUT2D eigenvalue weighted by Gasteiger charge is -2.03. The fourth-order valence-corrected chi connectivity index (χ4v) is 1.85. The van der Waals surface area contributed by atoms with Crippen LogP contribution >= 0.6 is 0 Å². The van der Waals surface area contributed by atoms with Gasteiger partial charge < -0.3 is 14.2 Å². The van der Waals surface area contributed by atoms with E-state index in [2.05, 4.69) is 10.2 Å². The maximum atomic E-state index is 5.57. The van der Waals surface area contributed by atoms with Gasteiger partial charge in [0, 0.05) is 0 Å². The van der Waals surface area contributed by atoms with Crippen molar-refractivity contribution in [3.63, 3.8) is 0 Å². The molecule has 0 aliphatic carbocycles. The van der Waals surface area contributed by atoms with Gasteiger partial charge in [-0.15, -0.1) is 0 Å². The standard InChI is InChI=1S/C17H18N2O3/c1-2-20-15-7-3-13(4-8-15)18-19-14-5-9-16(10-6-14)21-11-17-12-22-17/h3-10,17H,2,11-12H2,1H3. The first kappa shape index (κ1) is 14.5. The monoisotopic (exact) mass is 298 g/mol. The van der Waals surface area contributed by atoms with Gasteiger partial charge in [-0.3, -0.25) is 0 Å². The molecule has 1 aliphatic heterocycles. The van der Waals surface area contributed by atoms with Crippen LogP contribution in [-0.4, -0.2) is 25.9 Å². The molecule has 5 heteroatoms. The fraction of sp³-hybridized carbons (Fsp3) is 0.294. The summed E-state index contributed by atoms with van der Waals surface area (Å²) in [6, 6.07) is 15.0. The minimum atomic E-state index is 0.263. The van der Waals surface area contributed by atoms with E-state index >= 15 is 0 Å². The maximum absolute atomic E-state index is 5.57. The molecule has 0 N–H and O–H groups in total. The Bertz CT molecular complexity index is 619. The highest BCUT2D eigenvalue weighted by Crippen LogP contribution is 2.23. The number of ether oxygens (including phenoxy) is 3. The molecule has 1 saturated heterocycles. The van der Waals surface area contributed by atoms with E-state index in [0.717, 1.165) is 29.5 Å². The van der Waals surface area contributed by atoms with Gasteiger partial charge in [0.05, 0.1) is 24.6 Å². The molecular weight excluding hydrogens is 280 g/mol. The lowest BCUT2D eigenvalue weighted by Crippen LogP contribution is -2.03. The summed E-state index contributed by atoms with van der Waals surface area (Å²) in [6.45, 7) is 4.02. The van der Waals surface area contributed by atoms with Gasteiger partial charge in [-0.25, -0.2) is 0 Å². The van der Waals surface area contributed by atoms with Crippen molar-refractivity contribution >= 4 is 11.4 Å². The average molecular weight is 298 g/mol. The van der Waals surface area contributed by atoms with Crippen molar-refractivity contribution < 1.29 is 14.2 Å². The molecule has 2 aromatic carbocycles. The minimum absolute atomic E-state index is 0.263. The molecule has 0 saturated carbocycles. The lowest BCUT2D eigenvalue weighted by molar-refractivity contribution is 0.263. The summed E-state index contributed by atoms with van der Waals surface area (Å²) in [5.74, 6) is 1.65. The van der Waals surface area contributed by atoms with E-state index < -0.39 is 0 Å². The van der Waals surface area contributed by atoms with Crippen LogP contribution in [0.25, 0.3) is 0 Å². The largest absolute Gasteiger partial charge is 0.494 e. The zero-order valence-corrected chi connectivity index (χ0v) is 12.4. The Morgan fingerprint density at radius 1 is 0.909 bits per heavy atom. The Morgan fingerprint density at radius 2 is 1.41 bits per heavy atom. The number of hydrogen-bond acceptors (Lipinski definition) is 5. The van der Waals surface area contributed by atoms with Crippen LogP contribution < -0.4 is 9.47 Å². The van der Waals surface area contributed by atoms with Gasteiger partial charge >= 0.3 is 0 Å². The zero-order chi connectivity index (χ0) is 15.2. The molecule has 3 rings (SSSR count). The van der Waals surface area contributed by atoms with Crippen molar-refractivity contribution in [1.29, 1.82) is 0 Å². The van der Waals surface area contributed by atoms with E-state index in [0.29, 0.717) is 13.2 Å². The van der Waals surface area contributed by atoms with Gasteiger partial charge in [-0.05, 0) is 55.5 Å². The van der Waals surface area contributed by atoms with Crippen LogP contribution in [0.2, 0.25) is 0 Å². The van der Waals surface area contributed by atoms with Crippen molar-refractivity contribution in [2.24, 2.45) is 10.2 Å². The molecule has 22 heavy (non-hydrogen) atoms. The molecule has 0 bridgehead atoms. The molecule has 0 aromatic heterocycles. The van der Waals surface area contributed by atoms with E-state index in [1.165, 1.54) is 0 Å². The number of benzene rings is 2. The van der Waals surface area contributed by atoms with Crippen LogP contribution in [0, 0.1) is 0 Å². The third-order valence-corrected chi connectivity index (χ3v) is 3.10. The summed E-state index contributed by atoms with van der Waals surface area (Å²) in [7, 11) is 0. The topological polar surface area (TPSA) is 55.7 Å². The number of nitrogens with zero attached hydrogens (tertiary/aromatic N) is 2. The summed E-state index contributed by atoms with van der Waals surface area (Å²) in [6.07, 6.45) is 0.263. The highest BCUT2D eigenvalue weighted by molar-refractivity contribution is 5.44. The van der Waals surface area contributed by atoms with Gasteiger partial charge in [0.25, 0.3) is 0 Å². The van der Waals surface area contributed by atoms with E-state index in [1.54, 1.807) is 0 Å². The van der Waals surface area contributed by atoms with E-state index in [-0.39, 0.29) is 6.10 Å². The summed E-state index contributed by atoms with van der Waals surface area (Å²) in [5.41, 5.74) is 1.57. The van der Waals surface area contributed by atoms with Crippen molar-refractivity contribution in [2.45, 2.75) is 13.0 Å². The molecule has 0 radical (unpaired) electrons. The Balaban J connectivity index is 1.56. The highest BCUT2D eigenvalue weighted by Gasteiger charge is 2.22. The van der Waals surface area contributed by atoms with Crippen LogP contribution in [0.4, 0.5) is 11.4 Å². The third-order valence-electron chi connectivity index (χ3n) is 3.10. The first-order chi connectivity index (χ1) is 10.8. The van der Waals surface area contributed by atoms with Crippen molar-refractivity contribution in [3.8, 4) is 11.5 Å². The van der Waals surface area contributed by atoms with Gasteiger partial charge in [0.2, 0.25) is 0 Å². The molecule has 114 valence electrons. The van der Waals surface area contributed by atoms with Crippen LogP contribution in [0.1, 0.15) is 6.92 Å². The first-order valence-electron chi connectivity index (χ1n) is 7.32. The van der Waals surface area contributed by atoms with Crippen molar-refractivity contribution in [3.05, 3.63) is 48.5 Å². The van der Waals surface area contributed by atoms with Crippen molar-refractivity contribution in [1.82, 2.24) is 0 Å². The summed E-state index contributed by atoms with van der Waals surface area (Å²) < 4.78 is 16.1. The normalized spacial score (nSPS) is 16.7. The molecule has 5 nitrogen and oxygen atoms in total. The maximum Gasteiger partial charge on any atom is 0.119 e. The smallest absolute Gasteiger partial charge is 0.119 e. The Morgan fingerprint density at radius 3 is 1.86 bits per heavy atom. The Labute approximate surface area is 129 Å². The Hall–Kier alpha value is -2.40. The summed E-state index contributed by atoms with van der Waals surface area (Å²) in [4.78, 5) is 0. The van der Waals surface area contributed by atoms with Gasteiger partial charge in [-0.2, -0.15) is 10.2 Å². The second kappa shape index (κ2) is 7.04. The molecule has 1 heterocycles. The third kappa shape index (κ3) is 4.30. The molecule has 1 atom stereocenters. The minimum Gasteiger partial charge on any atom is -0.494 e. The zero-order valence-electron chi connectivity index (χ0n) is 12.4. The molecule has 1 unspecified atom stereocenters. The number of rotatable bonds is 7. The molecule has 2 aromatic rings. The first-order valence-corrected chi connectivity index (χ1v) is 7.32. The number of epoxide rings is 1. The fourth-order valence-electron chi connectivity index (χ4n) is 1.85. The van der Waals surface area contributed by atoms with Crippen LogP contribution in [-0.2, 0) is 4.74 Å². The second-order valence-corrected chi connectivity index (χ2v) is 4.89.